The van der Waals surface area contributed by atoms with Crippen LogP contribution in [0, 0.1) is 0 Å². The van der Waals surface area contributed by atoms with E-state index in [2.05, 4.69) is 19.9 Å². The monoisotopic (exact) mass is 608 g/mol. The van der Waals surface area contributed by atoms with Crippen LogP contribution in [0.4, 0.5) is 0 Å². The largest absolute Gasteiger partial charge is 0.422 e. The molecule has 0 aliphatic carbocycles. The Morgan fingerprint density at radius 3 is 2.47 bits per heavy atom. The summed E-state index contributed by atoms with van der Waals surface area (Å²) < 4.78 is 56.0. The highest BCUT2D eigenvalue weighted by Gasteiger charge is 2.37. The number of aromatic nitrogens is 3. The van der Waals surface area contributed by atoms with Gasteiger partial charge in [-0.1, -0.05) is 65.7 Å². The van der Waals surface area contributed by atoms with E-state index in [0.29, 0.717) is 21.1 Å². The Morgan fingerprint density at radius 1 is 1.00 bits per heavy atom. The molecule has 3 aromatic carbocycles. The molecular weight excluding hydrogens is 591 g/mol. The molecule has 0 saturated heterocycles. The van der Waals surface area contributed by atoms with Crippen molar-refractivity contribution in [2.45, 2.75) is 17.5 Å². The molecule has 196 valence electrons. The van der Waals surface area contributed by atoms with Crippen LogP contribution in [0.15, 0.2) is 71.1 Å². The Labute approximate surface area is 234 Å². The maximum absolute atomic E-state index is 13.7. The highest BCUT2D eigenvalue weighted by molar-refractivity contribution is 7.91. The Balaban J connectivity index is 1.56. The van der Waals surface area contributed by atoms with Crippen LogP contribution in [0.1, 0.15) is 27.6 Å². The number of hydrogen-bond acceptors (Lipinski definition) is 8. The first-order chi connectivity index (χ1) is 18.2. The lowest BCUT2D eigenvalue weighted by molar-refractivity contribution is 0.442. The van der Waals surface area contributed by atoms with Gasteiger partial charge in [0.1, 0.15) is 5.01 Å². The van der Waals surface area contributed by atoms with E-state index in [1.807, 2.05) is 18.2 Å². The SMILES string of the molecule is O=S(O)NCc1nnc(C(c2nc3ccc(-c4ccc(Cl)c(Cl)c4)cc3s2)S(=O)(=O)Cc2ccccc2)o1. The minimum atomic E-state index is -3.93. The van der Waals surface area contributed by atoms with Crippen molar-refractivity contribution in [2.24, 2.45) is 0 Å². The van der Waals surface area contributed by atoms with Crippen LogP contribution in [0.5, 0.6) is 0 Å². The van der Waals surface area contributed by atoms with Crippen molar-refractivity contribution >= 4 is 65.9 Å². The first-order valence-electron chi connectivity index (χ1n) is 11.0. The summed E-state index contributed by atoms with van der Waals surface area (Å²) in [5, 5.41) is 7.59. The van der Waals surface area contributed by atoms with Crippen molar-refractivity contribution in [3.05, 3.63) is 99.1 Å². The van der Waals surface area contributed by atoms with Gasteiger partial charge in [0.25, 0.3) is 0 Å². The van der Waals surface area contributed by atoms with Crippen LogP contribution < -0.4 is 4.72 Å². The van der Waals surface area contributed by atoms with Crippen LogP contribution in [0.25, 0.3) is 21.3 Å². The molecule has 2 unspecified atom stereocenters. The minimum absolute atomic E-state index is 0.0367. The fourth-order valence-corrected chi connectivity index (χ4v) is 7.48. The zero-order valence-corrected chi connectivity index (χ0v) is 23.2. The lowest BCUT2D eigenvalue weighted by atomic mass is 10.1. The van der Waals surface area contributed by atoms with Gasteiger partial charge in [-0.25, -0.2) is 22.3 Å². The third-order valence-corrected chi connectivity index (χ3v) is 9.75. The van der Waals surface area contributed by atoms with Crippen molar-refractivity contribution in [2.75, 3.05) is 0 Å². The lowest BCUT2D eigenvalue weighted by Gasteiger charge is -2.12. The molecule has 0 bridgehead atoms. The number of sulfone groups is 1. The maximum Gasteiger partial charge on any atom is 0.241 e. The zero-order chi connectivity index (χ0) is 26.9. The number of hydrogen-bond donors (Lipinski definition) is 2. The van der Waals surface area contributed by atoms with Crippen molar-refractivity contribution < 1.29 is 21.6 Å². The molecule has 0 fully saturated rings. The first-order valence-corrected chi connectivity index (χ1v) is 15.4. The molecule has 0 radical (unpaired) electrons. The third-order valence-electron chi connectivity index (χ3n) is 5.51. The molecule has 5 aromatic rings. The molecule has 2 heterocycles. The molecule has 0 amide bonds. The van der Waals surface area contributed by atoms with Gasteiger partial charge in [-0.3, -0.25) is 4.55 Å². The minimum Gasteiger partial charge on any atom is -0.422 e. The number of benzene rings is 3. The first kappa shape index (κ1) is 26.9. The van der Waals surface area contributed by atoms with Crippen LogP contribution in [0.3, 0.4) is 0 Å². The van der Waals surface area contributed by atoms with E-state index < -0.39 is 26.4 Å². The summed E-state index contributed by atoms with van der Waals surface area (Å²) in [4.78, 5) is 4.61. The fourth-order valence-electron chi connectivity index (χ4n) is 3.78. The van der Waals surface area contributed by atoms with Crippen molar-refractivity contribution in [1.82, 2.24) is 19.9 Å². The van der Waals surface area contributed by atoms with E-state index in [1.54, 1.807) is 48.5 Å². The zero-order valence-electron chi connectivity index (χ0n) is 19.2. The number of nitrogens with zero attached hydrogens (tertiary/aromatic N) is 3. The average molecular weight is 610 g/mol. The van der Waals surface area contributed by atoms with E-state index >= 15 is 0 Å². The summed E-state index contributed by atoms with van der Waals surface area (Å²) in [6, 6.07) is 19.6. The lowest BCUT2D eigenvalue weighted by Crippen LogP contribution is -2.17. The predicted octanol–water partition coefficient (Wildman–Crippen LogP) is 5.58. The molecule has 9 nitrogen and oxygen atoms in total. The summed E-state index contributed by atoms with van der Waals surface area (Å²) >= 11 is 11.1. The van der Waals surface area contributed by atoms with Gasteiger partial charge in [-0.15, -0.1) is 21.5 Å². The van der Waals surface area contributed by atoms with Gasteiger partial charge < -0.3 is 4.42 Å². The van der Waals surface area contributed by atoms with E-state index in [4.69, 9.17) is 32.2 Å². The molecule has 0 saturated carbocycles. The van der Waals surface area contributed by atoms with Crippen LogP contribution in [-0.2, 0) is 33.4 Å². The van der Waals surface area contributed by atoms with Gasteiger partial charge in [0.15, 0.2) is 15.1 Å². The molecular formula is C24H18Cl2N4O5S3. The van der Waals surface area contributed by atoms with Gasteiger partial charge in [-0.2, -0.15) is 0 Å². The molecule has 0 spiro atoms. The quantitative estimate of drug-likeness (QED) is 0.207. The fraction of sp³-hybridized carbons (Fsp3) is 0.125. The van der Waals surface area contributed by atoms with Crippen molar-refractivity contribution in [1.29, 1.82) is 0 Å². The van der Waals surface area contributed by atoms with Gasteiger partial charge in [0.05, 0.1) is 32.6 Å². The Morgan fingerprint density at radius 2 is 1.74 bits per heavy atom. The summed E-state index contributed by atoms with van der Waals surface area (Å²) in [7, 11) is -3.93. The third kappa shape index (κ3) is 5.96. The smallest absolute Gasteiger partial charge is 0.241 e. The number of rotatable bonds is 9. The van der Waals surface area contributed by atoms with Gasteiger partial charge in [0, 0.05) is 0 Å². The second-order valence-electron chi connectivity index (χ2n) is 8.14. The summed E-state index contributed by atoms with van der Waals surface area (Å²) in [5.41, 5.74) is 2.90. The molecule has 2 atom stereocenters. The average Bonchev–Trinajstić information content (AvgIpc) is 3.51. The number of halogens is 2. The summed E-state index contributed by atoms with van der Waals surface area (Å²) in [5.74, 6) is -0.491. The van der Waals surface area contributed by atoms with E-state index in [9.17, 15) is 12.6 Å². The van der Waals surface area contributed by atoms with Crippen molar-refractivity contribution in [3.63, 3.8) is 0 Å². The van der Waals surface area contributed by atoms with Gasteiger partial charge >= 0.3 is 0 Å². The highest BCUT2D eigenvalue weighted by atomic mass is 35.5. The van der Waals surface area contributed by atoms with Crippen LogP contribution in [-0.4, -0.2) is 32.4 Å². The predicted molar refractivity (Wildman–Crippen MR) is 148 cm³/mol. The molecule has 2 aromatic heterocycles. The second-order valence-corrected chi connectivity index (χ2v) is 12.9. The number of fused-ring (bicyclic) bond motifs is 1. The summed E-state index contributed by atoms with van der Waals surface area (Å²) in [6.07, 6.45) is 0. The van der Waals surface area contributed by atoms with Crippen LogP contribution in [0.2, 0.25) is 10.0 Å². The second kappa shape index (κ2) is 11.2. The summed E-state index contributed by atoms with van der Waals surface area (Å²) in [6.45, 7) is -0.214. The van der Waals surface area contributed by atoms with Crippen LogP contribution >= 0.6 is 34.5 Å². The molecule has 14 heteroatoms. The molecule has 2 N–H and O–H groups in total. The Bertz CT molecular complexity index is 1740. The Hall–Kier alpha value is -2.71. The van der Waals surface area contributed by atoms with Crippen molar-refractivity contribution in [3.8, 4) is 11.1 Å². The molecule has 0 aliphatic heterocycles. The van der Waals surface area contributed by atoms with Gasteiger partial charge in [-0.05, 0) is 41.0 Å². The van der Waals surface area contributed by atoms with E-state index in [1.165, 1.54) is 11.3 Å². The number of nitrogens with one attached hydrogen (secondary N) is 1. The highest BCUT2D eigenvalue weighted by Crippen LogP contribution is 2.38. The molecule has 5 rings (SSSR count). The molecule has 0 aliphatic rings. The number of thiazole rings is 1. The Kier molecular flexibility index (Phi) is 7.91. The molecule has 38 heavy (non-hydrogen) atoms. The normalized spacial score (nSPS) is 13.6. The van der Waals surface area contributed by atoms with E-state index in [0.717, 1.165) is 15.8 Å². The topological polar surface area (TPSA) is 135 Å². The van der Waals surface area contributed by atoms with E-state index in [-0.39, 0.29) is 29.1 Å². The van der Waals surface area contributed by atoms with Gasteiger partial charge in [0.2, 0.25) is 23.0 Å². The standard InChI is InChI=1S/C24H18Cl2N4O5S3/c25-17-8-6-15(10-18(17)26)16-7-9-19-20(11-16)36-24(28-19)22(23-30-29-21(35-23)12-27-37(31)32)38(33,34)13-14-4-2-1-3-5-14/h1-11,22,27H,12-13H2,(H,31,32). The maximum atomic E-state index is 13.7.